The Kier molecular flexibility index (Phi) is 2.22. The summed E-state index contributed by atoms with van der Waals surface area (Å²) in [4.78, 5) is 4.06. The molecular formula is C6H5IN2. The van der Waals surface area contributed by atoms with E-state index in [1.807, 2.05) is 12.1 Å². The highest BCUT2D eigenvalue weighted by molar-refractivity contribution is 14.1. The molecule has 1 aliphatic rings. The van der Waals surface area contributed by atoms with Crippen molar-refractivity contribution in [1.82, 2.24) is 0 Å². The maximum atomic E-state index is 8.37. The van der Waals surface area contributed by atoms with Gasteiger partial charge in [-0.15, -0.1) is 0 Å². The van der Waals surface area contributed by atoms with Crippen LogP contribution in [0.5, 0.6) is 0 Å². The van der Waals surface area contributed by atoms with Crippen LogP contribution in [0.15, 0.2) is 17.1 Å². The molecule has 0 saturated carbocycles. The molecule has 2 nitrogen and oxygen atoms in total. The first kappa shape index (κ1) is 6.75. The van der Waals surface area contributed by atoms with Crippen molar-refractivity contribution in [1.29, 1.82) is 5.26 Å². The van der Waals surface area contributed by atoms with Gasteiger partial charge >= 0.3 is 0 Å². The number of alkyl halides is 1. The second-order valence-corrected chi connectivity index (χ2v) is 3.14. The molecule has 0 fully saturated rings. The molecule has 0 aromatic carbocycles. The highest BCUT2D eigenvalue weighted by Crippen LogP contribution is 2.12. The van der Waals surface area contributed by atoms with Gasteiger partial charge in [0.1, 0.15) is 15.8 Å². The maximum absolute atomic E-state index is 8.37. The molecule has 0 saturated heterocycles. The van der Waals surface area contributed by atoms with Crippen molar-refractivity contribution in [3.63, 3.8) is 0 Å². The molecule has 0 N–H and O–H groups in total. The molecule has 0 radical (unpaired) electrons. The fourth-order valence-electron chi connectivity index (χ4n) is 0.605. The summed E-state index contributed by atoms with van der Waals surface area (Å²) >= 11 is 2.21. The minimum absolute atomic E-state index is 0.266. The third kappa shape index (κ3) is 1.79. The van der Waals surface area contributed by atoms with E-state index in [2.05, 4.69) is 27.6 Å². The van der Waals surface area contributed by atoms with Gasteiger partial charge in [0.05, 0.1) is 0 Å². The Morgan fingerprint density at radius 3 is 3.11 bits per heavy atom. The summed E-state index contributed by atoms with van der Waals surface area (Å²) in [6.45, 7) is 0. The van der Waals surface area contributed by atoms with Crippen LogP contribution < -0.4 is 0 Å². The Morgan fingerprint density at radius 1 is 1.89 bits per heavy atom. The zero-order chi connectivity index (χ0) is 6.69. The van der Waals surface area contributed by atoms with Crippen LogP contribution in [-0.2, 0) is 0 Å². The highest BCUT2D eigenvalue weighted by atomic mass is 127. The van der Waals surface area contributed by atoms with Gasteiger partial charge in [-0.1, -0.05) is 28.7 Å². The van der Waals surface area contributed by atoms with E-state index in [0.29, 0.717) is 5.71 Å². The molecule has 0 aromatic heterocycles. The van der Waals surface area contributed by atoms with E-state index < -0.39 is 0 Å². The van der Waals surface area contributed by atoms with Gasteiger partial charge < -0.3 is 0 Å². The third-order valence-corrected chi connectivity index (χ3v) is 1.79. The van der Waals surface area contributed by atoms with Crippen molar-refractivity contribution in [2.24, 2.45) is 4.99 Å². The van der Waals surface area contributed by atoms with E-state index in [1.54, 1.807) is 6.08 Å². The predicted molar refractivity (Wildman–Crippen MR) is 44.6 cm³/mol. The Bertz CT molecular complexity index is 200. The van der Waals surface area contributed by atoms with E-state index >= 15 is 0 Å². The van der Waals surface area contributed by atoms with Crippen LogP contribution in [0.3, 0.4) is 0 Å². The molecule has 0 amide bonds. The molecule has 1 unspecified atom stereocenters. The van der Waals surface area contributed by atoms with Crippen molar-refractivity contribution in [2.45, 2.75) is 10.5 Å². The SMILES string of the molecule is N#CC1=NC(I)CC=C1. The number of dihydropyridines is 1. The topological polar surface area (TPSA) is 36.1 Å². The fourth-order valence-corrected chi connectivity index (χ4v) is 1.20. The minimum Gasteiger partial charge on any atom is -0.260 e. The summed E-state index contributed by atoms with van der Waals surface area (Å²) in [5.41, 5.74) is 0.542. The molecule has 46 valence electrons. The second kappa shape index (κ2) is 2.97. The summed E-state index contributed by atoms with van der Waals surface area (Å²) in [6, 6.07) is 1.99. The molecule has 0 aliphatic carbocycles. The summed E-state index contributed by atoms with van der Waals surface area (Å²) in [7, 11) is 0. The number of hydrogen-bond acceptors (Lipinski definition) is 2. The Labute approximate surface area is 67.4 Å². The highest BCUT2D eigenvalue weighted by Gasteiger charge is 2.04. The minimum atomic E-state index is 0.266. The zero-order valence-electron chi connectivity index (χ0n) is 4.71. The van der Waals surface area contributed by atoms with Gasteiger partial charge in [0.25, 0.3) is 0 Å². The van der Waals surface area contributed by atoms with E-state index in [4.69, 9.17) is 5.26 Å². The quantitative estimate of drug-likeness (QED) is 0.355. The van der Waals surface area contributed by atoms with Crippen molar-refractivity contribution in [3.8, 4) is 6.07 Å². The van der Waals surface area contributed by atoms with Crippen LogP contribution in [-0.4, -0.2) is 9.76 Å². The number of aliphatic imine (C=N–C) groups is 1. The molecule has 1 heterocycles. The number of allylic oxidation sites excluding steroid dienone is 1. The van der Waals surface area contributed by atoms with E-state index in [1.165, 1.54) is 0 Å². The van der Waals surface area contributed by atoms with Crippen LogP contribution in [0, 0.1) is 11.3 Å². The van der Waals surface area contributed by atoms with Crippen LogP contribution in [0.2, 0.25) is 0 Å². The van der Waals surface area contributed by atoms with Crippen molar-refractivity contribution in [3.05, 3.63) is 12.2 Å². The first-order chi connectivity index (χ1) is 4.33. The lowest BCUT2D eigenvalue weighted by Gasteiger charge is -2.03. The molecule has 9 heavy (non-hydrogen) atoms. The van der Waals surface area contributed by atoms with E-state index in [-0.39, 0.29) is 4.05 Å². The van der Waals surface area contributed by atoms with Gasteiger partial charge in [0, 0.05) is 0 Å². The molecule has 0 bridgehead atoms. The first-order valence-electron chi connectivity index (χ1n) is 2.61. The molecular weight excluding hydrogens is 227 g/mol. The number of nitrogens with zero attached hydrogens (tertiary/aromatic N) is 2. The van der Waals surface area contributed by atoms with Crippen molar-refractivity contribution < 1.29 is 0 Å². The largest absolute Gasteiger partial charge is 0.260 e. The van der Waals surface area contributed by atoms with Crippen molar-refractivity contribution in [2.75, 3.05) is 0 Å². The predicted octanol–water partition coefficient (Wildman–Crippen LogP) is 1.67. The zero-order valence-corrected chi connectivity index (χ0v) is 6.87. The van der Waals surface area contributed by atoms with Gasteiger partial charge in [-0.25, -0.2) is 0 Å². The van der Waals surface area contributed by atoms with Gasteiger partial charge in [0.15, 0.2) is 0 Å². The van der Waals surface area contributed by atoms with Crippen LogP contribution in [0.1, 0.15) is 6.42 Å². The normalized spacial score (nSPS) is 24.9. The first-order valence-corrected chi connectivity index (χ1v) is 3.86. The second-order valence-electron chi connectivity index (χ2n) is 1.70. The summed E-state index contributed by atoms with van der Waals surface area (Å²) in [5, 5.41) is 8.37. The molecule has 1 rings (SSSR count). The van der Waals surface area contributed by atoms with Gasteiger partial charge in [-0.3, -0.25) is 4.99 Å². The lowest BCUT2D eigenvalue weighted by atomic mass is 10.2. The van der Waals surface area contributed by atoms with Gasteiger partial charge in [0.2, 0.25) is 0 Å². The van der Waals surface area contributed by atoms with Gasteiger partial charge in [-0.05, 0) is 12.5 Å². The number of rotatable bonds is 0. The summed E-state index contributed by atoms with van der Waals surface area (Å²) in [5.74, 6) is 0. The number of hydrogen-bond donors (Lipinski definition) is 0. The number of nitriles is 1. The molecule has 1 aliphatic heterocycles. The average molecular weight is 232 g/mol. The molecule has 3 heteroatoms. The Morgan fingerprint density at radius 2 is 2.67 bits per heavy atom. The van der Waals surface area contributed by atoms with Gasteiger partial charge in [-0.2, -0.15) is 5.26 Å². The molecule has 1 atom stereocenters. The Balaban J connectivity index is 2.74. The summed E-state index contributed by atoms with van der Waals surface area (Å²) < 4.78 is 0.266. The smallest absolute Gasteiger partial charge is 0.135 e. The van der Waals surface area contributed by atoms with Crippen LogP contribution in [0.25, 0.3) is 0 Å². The molecule has 0 aromatic rings. The monoisotopic (exact) mass is 232 g/mol. The number of halogens is 1. The van der Waals surface area contributed by atoms with Crippen LogP contribution in [0.4, 0.5) is 0 Å². The average Bonchev–Trinajstić information content (AvgIpc) is 1.88. The fraction of sp³-hybridized carbons (Fsp3) is 0.333. The van der Waals surface area contributed by atoms with Crippen LogP contribution >= 0.6 is 22.6 Å². The molecule has 0 spiro atoms. The maximum Gasteiger partial charge on any atom is 0.135 e. The van der Waals surface area contributed by atoms with E-state index in [0.717, 1.165) is 6.42 Å². The Hall–Kier alpha value is -0.370. The third-order valence-electron chi connectivity index (χ3n) is 1.00. The lowest BCUT2D eigenvalue weighted by Crippen LogP contribution is -2.02. The summed E-state index contributed by atoms with van der Waals surface area (Å²) in [6.07, 6.45) is 4.68. The van der Waals surface area contributed by atoms with E-state index in [9.17, 15) is 0 Å². The standard InChI is InChI=1S/C6H5IN2/c7-6-3-1-2-5(4-8)9-6/h1-2,6H,3H2. The van der Waals surface area contributed by atoms with Crippen molar-refractivity contribution >= 4 is 28.3 Å². The lowest BCUT2D eigenvalue weighted by molar-refractivity contribution is 0.961.